The fraction of sp³-hybridized carbons (Fsp3) is 0.100. The quantitative estimate of drug-likeness (QED) is 0.756. The van der Waals surface area contributed by atoms with E-state index in [1.165, 1.54) is 6.20 Å². The molecular formula is C10H7ClN2OS. The Balaban J connectivity index is 2.46. The third-order valence-electron chi connectivity index (χ3n) is 1.95. The number of aromatic nitrogens is 2. The van der Waals surface area contributed by atoms with Crippen LogP contribution < -0.4 is 0 Å². The van der Waals surface area contributed by atoms with E-state index < -0.39 is 0 Å². The number of benzene rings is 1. The van der Waals surface area contributed by atoms with Crippen molar-refractivity contribution < 1.29 is 4.79 Å². The van der Waals surface area contributed by atoms with Crippen molar-refractivity contribution in [1.29, 1.82) is 0 Å². The lowest BCUT2D eigenvalue weighted by Gasteiger charge is -2.01. The molecule has 0 radical (unpaired) electrons. The topological polar surface area (TPSA) is 42.9 Å². The number of hydrogen-bond acceptors (Lipinski definition) is 4. The molecule has 5 heteroatoms. The molecule has 0 saturated carbocycles. The largest absolute Gasteiger partial charge is 0.288 e. The highest BCUT2D eigenvalue weighted by atomic mass is 35.5. The molecule has 0 atom stereocenters. The maximum absolute atomic E-state index is 11.9. The average molecular weight is 239 g/mol. The number of hydrogen-bond donors (Lipinski definition) is 0. The molecule has 0 bridgehead atoms. The van der Waals surface area contributed by atoms with Gasteiger partial charge in [0, 0.05) is 5.56 Å². The van der Waals surface area contributed by atoms with Crippen molar-refractivity contribution >= 4 is 28.9 Å². The average Bonchev–Trinajstić information content (AvgIpc) is 2.74. The molecule has 1 aromatic heterocycles. The summed E-state index contributed by atoms with van der Waals surface area (Å²) in [4.78, 5) is 12.4. The van der Waals surface area contributed by atoms with Crippen LogP contribution in [0.2, 0.25) is 5.02 Å². The van der Waals surface area contributed by atoms with Crippen molar-refractivity contribution in [3.05, 3.63) is 45.4 Å². The van der Waals surface area contributed by atoms with E-state index in [0.717, 1.165) is 17.1 Å². The van der Waals surface area contributed by atoms with Gasteiger partial charge in [-0.2, -0.15) is 0 Å². The van der Waals surface area contributed by atoms with Crippen LogP contribution in [0.4, 0.5) is 0 Å². The monoisotopic (exact) mass is 238 g/mol. The van der Waals surface area contributed by atoms with Crippen molar-refractivity contribution in [1.82, 2.24) is 9.59 Å². The number of nitrogens with zero attached hydrogens (tertiary/aromatic N) is 2. The minimum Gasteiger partial charge on any atom is -0.288 e. The predicted molar refractivity (Wildman–Crippen MR) is 59.5 cm³/mol. The molecule has 1 aromatic carbocycles. The molecule has 2 aromatic rings. The highest BCUT2D eigenvalue weighted by Gasteiger charge is 2.14. The molecule has 15 heavy (non-hydrogen) atoms. The number of carbonyl (C=O) groups is 1. The Morgan fingerprint density at radius 2 is 2.27 bits per heavy atom. The van der Waals surface area contributed by atoms with Crippen molar-refractivity contribution in [2.75, 3.05) is 0 Å². The van der Waals surface area contributed by atoms with Crippen LogP contribution in [0.3, 0.4) is 0 Å². The second kappa shape index (κ2) is 4.08. The molecule has 0 unspecified atom stereocenters. The van der Waals surface area contributed by atoms with Gasteiger partial charge in [0.15, 0.2) is 0 Å². The lowest BCUT2D eigenvalue weighted by Crippen LogP contribution is -2.00. The van der Waals surface area contributed by atoms with Gasteiger partial charge in [-0.1, -0.05) is 27.7 Å². The molecule has 0 fully saturated rings. The molecule has 0 N–H and O–H groups in total. The maximum Gasteiger partial charge on any atom is 0.207 e. The number of aryl methyl sites for hydroxylation is 1. The van der Waals surface area contributed by atoms with Gasteiger partial charge in [0.2, 0.25) is 5.78 Å². The third-order valence-corrected chi connectivity index (χ3v) is 2.94. The number of rotatable bonds is 2. The summed E-state index contributed by atoms with van der Waals surface area (Å²) in [7, 11) is 0. The summed E-state index contributed by atoms with van der Waals surface area (Å²) in [6, 6.07) is 5.35. The lowest BCUT2D eigenvalue weighted by molar-refractivity contribution is 0.104. The first-order valence-corrected chi connectivity index (χ1v) is 5.42. The fourth-order valence-corrected chi connectivity index (χ4v) is 1.89. The lowest BCUT2D eigenvalue weighted by atomic mass is 10.1. The van der Waals surface area contributed by atoms with Gasteiger partial charge < -0.3 is 0 Å². The Kier molecular flexibility index (Phi) is 2.79. The van der Waals surface area contributed by atoms with Crippen LogP contribution >= 0.6 is 23.1 Å². The Bertz CT molecular complexity index is 496. The molecule has 0 aliphatic rings. The molecule has 3 nitrogen and oxygen atoms in total. The van der Waals surface area contributed by atoms with E-state index in [4.69, 9.17) is 11.6 Å². The smallest absolute Gasteiger partial charge is 0.207 e. The highest BCUT2D eigenvalue weighted by molar-refractivity contribution is 7.08. The maximum atomic E-state index is 11.9. The van der Waals surface area contributed by atoms with Crippen LogP contribution in [0.1, 0.15) is 20.8 Å². The first-order chi connectivity index (χ1) is 7.18. The Morgan fingerprint density at radius 1 is 1.47 bits per heavy atom. The minimum absolute atomic E-state index is 0.126. The molecule has 0 aliphatic carbocycles. The van der Waals surface area contributed by atoms with Gasteiger partial charge >= 0.3 is 0 Å². The van der Waals surface area contributed by atoms with E-state index in [2.05, 4.69) is 9.59 Å². The summed E-state index contributed by atoms with van der Waals surface area (Å²) in [5.74, 6) is -0.126. The van der Waals surface area contributed by atoms with Gasteiger partial charge in [-0.3, -0.25) is 4.79 Å². The van der Waals surface area contributed by atoms with Gasteiger partial charge in [-0.05, 0) is 30.6 Å². The van der Waals surface area contributed by atoms with Crippen LogP contribution in [0, 0.1) is 6.92 Å². The zero-order valence-electron chi connectivity index (χ0n) is 7.90. The normalized spacial score (nSPS) is 10.3. The SMILES string of the molecule is Cc1ccc(Cl)c(C(=O)c2cnns2)c1. The fourth-order valence-electron chi connectivity index (χ4n) is 1.21. The zero-order valence-corrected chi connectivity index (χ0v) is 9.47. The van der Waals surface area contributed by atoms with Crippen molar-refractivity contribution in [3.63, 3.8) is 0 Å². The van der Waals surface area contributed by atoms with Crippen molar-refractivity contribution in [2.45, 2.75) is 6.92 Å². The van der Waals surface area contributed by atoms with E-state index in [1.807, 2.05) is 13.0 Å². The Hall–Kier alpha value is -1.26. The minimum atomic E-state index is -0.126. The zero-order chi connectivity index (χ0) is 10.8. The van der Waals surface area contributed by atoms with Gasteiger partial charge in [-0.15, -0.1) is 5.10 Å². The van der Waals surface area contributed by atoms with Gasteiger partial charge in [0.1, 0.15) is 4.88 Å². The summed E-state index contributed by atoms with van der Waals surface area (Å²) in [6.07, 6.45) is 1.45. The molecule has 0 saturated heterocycles. The van der Waals surface area contributed by atoms with Crippen LogP contribution in [0.25, 0.3) is 0 Å². The van der Waals surface area contributed by atoms with E-state index in [0.29, 0.717) is 15.5 Å². The van der Waals surface area contributed by atoms with Crippen LogP contribution in [0.5, 0.6) is 0 Å². The molecule has 2 rings (SSSR count). The summed E-state index contributed by atoms with van der Waals surface area (Å²) in [6.45, 7) is 1.91. The highest BCUT2D eigenvalue weighted by Crippen LogP contribution is 2.21. The number of carbonyl (C=O) groups excluding carboxylic acids is 1. The summed E-state index contributed by atoms with van der Waals surface area (Å²) in [5.41, 5.74) is 1.50. The summed E-state index contributed by atoms with van der Waals surface area (Å²) < 4.78 is 3.65. The summed E-state index contributed by atoms with van der Waals surface area (Å²) in [5, 5.41) is 4.08. The Labute approximate surface area is 95.9 Å². The molecule has 0 aliphatic heterocycles. The van der Waals surface area contributed by atoms with E-state index in [-0.39, 0.29) is 5.78 Å². The van der Waals surface area contributed by atoms with Crippen LogP contribution in [-0.2, 0) is 0 Å². The van der Waals surface area contributed by atoms with Crippen LogP contribution in [-0.4, -0.2) is 15.4 Å². The Morgan fingerprint density at radius 3 is 2.93 bits per heavy atom. The second-order valence-corrected chi connectivity index (χ2v) is 4.29. The molecule has 76 valence electrons. The van der Waals surface area contributed by atoms with Crippen LogP contribution in [0.15, 0.2) is 24.4 Å². The first-order valence-electron chi connectivity index (χ1n) is 4.26. The van der Waals surface area contributed by atoms with E-state index in [1.54, 1.807) is 12.1 Å². The number of halogens is 1. The predicted octanol–water partition coefficient (Wildman–Crippen LogP) is 2.73. The van der Waals surface area contributed by atoms with Gasteiger partial charge in [0.25, 0.3) is 0 Å². The molecule has 1 heterocycles. The third kappa shape index (κ3) is 2.06. The van der Waals surface area contributed by atoms with E-state index in [9.17, 15) is 4.79 Å². The first kappa shape index (κ1) is 10.3. The molecular weight excluding hydrogens is 232 g/mol. The van der Waals surface area contributed by atoms with Gasteiger partial charge in [-0.25, -0.2) is 0 Å². The standard InChI is InChI=1S/C10H7ClN2OS/c1-6-2-3-8(11)7(4-6)10(14)9-5-12-13-15-9/h2-5H,1H3. The number of ketones is 1. The molecule has 0 spiro atoms. The van der Waals surface area contributed by atoms with Gasteiger partial charge in [0.05, 0.1) is 11.2 Å². The van der Waals surface area contributed by atoms with Crippen molar-refractivity contribution in [3.8, 4) is 0 Å². The summed E-state index contributed by atoms with van der Waals surface area (Å²) >= 11 is 7.02. The molecule has 0 amide bonds. The second-order valence-electron chi connectivity index (χ2n) is 3.09. The van der Waals surface area contributed by atoms with E-state index >= 15 is 0 Å². The van der Waals surface area contributed by atoms with Crippen molar-refractivity contribution in [2.24, 2.45) is 0 Å².